The molecule has 1 saturated heterocycles. The van der Waals surface area contributed by atoms with Crippen molar-refractivity contribution in [2.75, 3.05) is 24.5 Å². The Morgan fingerprint density at radius 3 is 2.59 bits per heavy atom. The summed E-state index contributed by atoms with van der Waals surface area (Å²) < 4.78 is 4.13. The Morgan fingerprint density at radius 1 is 0.941 bits per heavy atom. The lowest BCUT2D eigenvalue weighted by atomic mass is 9.96. The molecule has 6 heteroatoms. The van der Waals surface area contributed by atoms with Crippen LogP contribution >= 0.6 is 0 Å². The number of piperidine rings is 1. The highest BCUT2D eigenvalue weighted by atomic mass is 16.2. The predicted octanol–water partition coefficient (Wildman–Crippen LogP) is 4.46. The molecule has 0 spiro atoms. The Morgan fingerprint density at radius 2 is 1.74 bits per heavy atom. The van der Waals surface area contributed by atoms with Crippen molar-refractivity contribution >= 4 is 11.6 Å². The quantitative estimate of drug-likeness (QED) is 0.450. The molecule has 0 saturated carbocycles. The Balaban J connectivity index is 1.23. The second-order valence-electron chi connectivity index (χ2n) is 9.27. The van der Waals surface area contributed by atoms with Crippen LogP contribution in [0.25, 0.3) is 11.5 Å². The van der Waals surface area contributed by atoms with E-state index >= 15 is 0 Å². The van der Waals surface area contributed by atoms with Gasteiger partial charge in [0.15, 0.2) is 0 Å². The SMILES string of the molecule is O=C(C1CCCN(Cc2cnn(-c3ccccc3)c2-n2cccc2)C1)N1CCc2ccccc21. The number of rotatable bonds is 5. The summed E-state index contributed by atoms with van der Waals surface area (Å²) in [6, 6.07) is 22.6. The number of fused-ring (bicyclic) bond motifs is 1. The van der Waals surface area contributed by atoms with E-state index in [-0.39, 0.29) is 11.8 Å². The normalized spacial score (nSPS) is 18.2. The van der Waals surface area contributed by atoms with E-state index in [0.29, 0.717) is 0 Å². The first-order chi connectivity index (χ1) is 16.8. The fourth-order valence-electron chi connectivity index (χ4n) is 5.43. The zero-order chi connectivity index (χ0) is 22.9. The highest BCUT2D eigenvalue weighted by molar-refractivity contribution is 5.97. The van der Waals surface area contributed by atoms with E-state index in [2.05, 4.69) is 52.2 Å². The molecule has 2 aliphatic rings. The summed E-state index contributed by atoms with van der Waals surface area (Å²) in [6.07, 6.45) is 9.06. The second kappa shape index (κ2) is 8.95. The van der Waals surface area contributed by atoms with Crippen molar-refractivity contribution in [1.29, 1.82) is 0 Å². The maximum absolute atomic E-state index is 13.5. The Labute approximate surface area is 200 Å². The average Bonchev–Trinajstić information content (AvgIpc) is 3.64. The van der Waals surface area contributed by atoms with Crippen LogP contribution in [0.4, 0.5) is 5.69 Å². The van der Waals surface area contributed by atoms with Crippen molar-refractivity contribution in [3.8, 4) is 11.5 Å². The summed E-state index contributed by atoms with van der Waals surface area (Å²) in [4.78, 5) is 17.9. The van der Waals surface area contributed by atoms with E-state index in [0.717, 1.165) is 62.6 Å². The average molecular weight is 452 g/mol. The number of anilines is 1. The molecule has 2 aromatic heterocycles. The monoisotopic (exact) mass is 451 g/mol. The number of aromatic nitrogens is 3. The summed E-state index contributed by atoms with van der Waals surface area (Å²) >= 11 is 0. The maximum Gasteiger partial charge on any atom is 0.231 e. The van der Waals surface area contributed by atoms with Gasteiger partial charge in [0.05, 0.1) is 17.8 Å². The van der Waals surface area contributed by atoms with Crippen molar-refractivity contribution in [2.24, 2.45) is 5.92 Å². The van der Waals surface area contributed by atoms with Crippen molar-refractivity contribution in [1.82, 2.24) is 19.2 Å². The second-order valence-corrected chi connectivity index (χ2v) is 9.27. The van der Waals surface area contributed by atoms with Gasteiger partial charge in [0.25, 0.3) is 0 Å². The van der Waals surface area contributed by atoms with Gasteiger partial charge >= 0.3 is 0 Å². The number of nitrogens with zero attached hydrogens (tertiary/aromatic N) is 5. The minimum Gasteiger partial charge on any atom is -0.312 e. The standard InChI is InChI=1S/C28H29N5O/c34-28(32-18-14-22-9-4-5-13-26(22)32)23-10-8-15-30(20-23)21-24-19-29-33(25-11-2-1-3-12-25)27(24)31-16-6-7-17-31/h1-7,9,11-13,16-17,19,23H,8,10,14-15,18,20-21H2. The third kappa shape index (κ3) is 3.84. The van der Waals surface area contributed by atoms with Gasteiger partial charge in [-0.25, -0.2) is 4.68 Å². The van der Waals surface area contributed by atoms with Crippen LogP contribution in [0.2, 0.25) is 0 Å². The molecule has 1 amide bonds. The van der Waals surface area contributed by atoms with Crippen LogP contribution in [0.3, 0.4) is 0 Å². The molecular formula is C28H29N5O. The first-order valence-electron chi connectivity index (χ1n) is 12.2. The number of carbonyl (C=O) groups excluding carboxylic acids is 1. The number of benzene rings is 2. The van der Waals surface area contributed by atoms with E-state index in [9.17, 15) is 4.79 Å². The summed E-state index contributed by atoms with van der Waals surface area (Å²) in [5.41, 5.74) is 4.59. The van der Waals surface area contributed by atoms with Gasteiger partial charge < -0.3 is 9.47 Å². The number of amides is 1. The smallest absolute Gasteiger partial charge is 0.231 e. The molecule has 1 fully saturated rings. The van der Waals surface area contributed by atoms with Crippen LogP contribution in [0.5, 0.6) is 0 Å². The molecule has 0 radical (unpaired) electrons. The van der Waals surface area contributed by atoms with Crippen LogP contribution in [0.15, 0.2) is 85.3 Å². The zero-order valence-electron chi connectivity index (χ0n) is 19.3. The zero-order valence-corrected chi connectivity index (χ0v) is 19.3. The number of carbonyl (C=O) groups is 1. The van der Waals surface area contributed by atoms with Gasteiger partial charge in [-0.3, -0.25) is 9.69 Å². The summed E-state index contributed by atoms with van der Waals surface area (Å²) in [7, 11) is 0. The van der Waals surface area contributed by atoms with Crippen LogP contribution in [0.1, 0.15) is 24.0 Å². The molecule has 4 aromatic rings. The molecule has 0 bridgehead atoms. The van der Waals surface area contributed by atoms with E-state index in [1.165, 1.54) is 11.1 Å². The lowest BCUT2D eigenvalue weighted by molar-refractivity contribution is -0.124. The van der Waals surface area contributed by atoms with E-state index < -0.39 is 0 Å². The molecule has 6 nitrogen and oxygen atoms in total. The van der Waals surface area contributed by atoms with Gasteiger partial charge in [-0.2, -0.15) is 5.10 Å². The van der Waals surface area contributed by atoms with Crippen LogP contribution in [-0.2, 0) is 17.8 Å². The summed E-state index contributed by atoms with van der Waals surface area (Å²) in [5.74, 6) is 1.37. The molecule has 2 aromatic carbocycles. The van der Waals surface area contributed by atoms with Crippen molar-refractivity contribution in [3.05, 3.63) is 96.4 Å². The molecular weight excluding hydrogens is 422 g/mol. The van der Waals surface area contributed by atoms with Gasteiger partial charge in [0.2, 0.25) is 5.91 Å². The minimum atomic E-state index is 0.0408. The summed E-state index contributed by atoms with van der Waals surface area (Å²) in [5, 5.41) is 4.74. The van der Waals surface area contributed by atoms with Gasteiger partial charge in [-0.15, -0.1) is 0 Å². The summed E-state index contributed by atoms with van der Waals surface area (Å²) in [6.45, 7) is 3.37. The molecule has 172 valence electrons. The first-order valence-corrected chi connectivity index (χ1v) is 12.2. The fraction of sp³-hybridized carbons (Fsp3) is 0.286. The number of likely N-dealkylation sites (tertiary alicyclic amines) is 1. The van der Waals surface area contributed by atoms with Crippen LogP contribution in [-0.4, -0.2) is 44.8 Å². The van der Waals surface area contributed by atoms with Crippen molar-refractivity contribution in [3.63, 3.8) is 0 Å². The highest BCUT2D eigenvalue weighted by Crippen LogP contribution is 2.31. The number of hydrogen-bond acceptors (Lipinski definition) is 3. The molecule has 4 heterocycles. The lowest BCUT2D eigenvalue weighted by Gasteiger charge is -2.34. The predicted molar refractivity (Wildman–Crippen MR) is 133 cm³/mol. The largest absolute Gasteiger partial charge is 0.312 e. The topological polar surface area (TPSA) is 46.3 Å². The van der Waals surface area contributed by atoms with Crippen LogP contribution < -0.4 is 4.90 Å². The number of hydrogen-bond donors (Lipinski definition) is 0. The molecule has 0 N–H and O–H groups in total. The van der Waals surface area contributed by atoms with Crippen molar-refractivity contribution < 1.29 is 4.79 Å². The van der Waals surface area contributed by atoms with Gasteiger partial charge in [-0.05, 0) is 61.7 Å². The van der Waals surface area contributed by atoms with Gasteiger partial charge in [0, 0.05) is 43.3 Å². The van der Waals surface area contributed by atoms with Crippen molar-refractivity contribution in [2.45, 2.75) is 25.8 Å². The Bertz CT molecular complexity index is 1280. The van der Waals surface area contributed by atoms with E-state index in [1.54, 1.807) is 0 Å². The number of para-hydroxylation sites is 2. The van der Waals surface area contributed by atoms with E-state index in [4.69, 9.17) is 5.10 Å². The third-order valence-electron chi connectivity index (χ3n) is 7.07. The third-order valence-corrected chi connectivity index (χ3v) is 7.07. The Hall–Kier alpha value is -3.64. The maximum atomic E-state index is 13.5. The van der Waals surface area contributed by atoms with Gasteiger partial charge in [0.1, 0.15) is 5.82 Å². The van der Waals surface area contributed by atoms with Crippen LogP contribution in [0, 0.1) is 5.92 Å². The lowest BCUT2D eigenvalue weighted by Crippen LogP contribution is -2.44. The first kappa shape index (κ1) is 20.9. The fourth-order valence-corrected chi connectivity index (χ4v) is 5.43. The molecule has 34 heavy (non-hydrogen) atoms. The molecule has 6 rings (SSSR count). The van der Waals surface area contributed by atoms with Gasteiger partial charge in [-0.1, -0.05) is 36.4 Å². The minimum absolute atomic E-state index is 0.0408. The molecule has 2 aliphatic heterocycles. The molecule has 1 unspecified atom stereocenters. The molecule has 1 atom stereocenters. The van der Waals surface area contributed by atoms with E-state index in [1.807, 2.05) is 52.2 Å². The Kier molecular flexibility index (Phi) is 5.51. The highest BCUT2D eigenvalue weighted by Gasteiger charge is 2.33. The molecule has 0 aliphatic carbocycles.